The third kappa shape index (κ3) is 15.7. The van der Waals surface area contributed by atoms with Crippen LogP contribution in [0, 0.1) is 0 Å². The summed E-state index contributed by atoms with van der Waals surface area (Å²) in [5.74, 6) is 0. The van der Waals surface area contributed by atoms with Gasteiger partial charge in [0.2, 0.25) is 0 Å². The minimum atomic E-state index is -4.81. The zero-order chi connectivity index (χ0) is 5.21. The molecule has 0 bridgehead atoms. The number of halogens is 1. The number of rotatable bonds is 1. The van der Waals surface area contributed by atoms with Crippen LogP contribution in [-0.2, 0) is 26.4 Å². The standard InChI is InChI=1S/FH2O4P.Fe.Li.H/c1-5-6(2,3)4;;;/h(H2,2,3,4);;;/q;;+1;-1. The molecule has 0 aromatic carbocycles. The van der Waals surface area contributed by atoms with E-state index in [0.717, 1.165) is 0 Å². The number of hydrogen-bond donors (Lipinski definition) is 2. The fraction of sp³-hybridized carbons (Fsp3) is 0. The molecule has 0 spiro atoms. The van der Waals surface area contributed by atoms with Crippen molar-refractivity contribution >= 4 is 7.82 Å². The normalized spacial score (nSPS) is 8.88. The van der Waals surface area contributed by atoms with Crippen LogP contribution < -0.4 is 18.9 Å². The third-order valence-electron chi connectivity index (χ3n) is 0.0899. The van der Waals surface area contributed by atoms with Crippen molar-refractivity contribution in [3.8, 4) is 0 Å². The Labute approximate surface area is 69.1 Å². The monoisotopic (exact) mass is 180 g/mol. The Morgan fingerprint density at radius 1 is 1.62 bits per heavy atom. The van der Waals surface area contributed by atoms with Gasteiger partial charge in [-0.15, -0.1) is 0 Å². The Bertz CT molecular complexity index is 84.6. The number of phosphoric acid groups is 1. The molecule has 0 aromatic heterocycles. The SMILES string of the molecule is O=P(O)(O)OF.[Fe].[H-].[Li+]. The van der Waals surface area contributed by atoms with Gasteiger partial charge in [-0.25, -0.2) is 4.57 Å². The van der Waals surface area contributed by atoms with E-state index in [2.05, 4.69) is 4.73 Å². The van der Waals surface area contributed by atoms with Gasteiger partial charge in [0.15, 0.2) is 0 Å². The summed E-state index contributed by atoms with van der Waals surface area (Å²) < 4.78 is 21.4. The molecule has 0 atom stereocenters. The molecule has 4 nitrogen and oxygen atoms in total. The molecular formula is H3FFeLiO4P. The summed E-state index contributed by atoms with van der Waals surface area (Å²) >= 11 is 0. The summed E-state index contributed by atoms with van der Waals surface area (Å²) in [4.78, 5) is 14.7. The largest absolute Gasteiger partial charge is 1.00 e. The Hall–Kier alpha value is 1.16. The molecule has 0 radical (unpaired) electrons. The second-order valence-corrected chi connectivity index (χ2v) is 1.68. The first-order chi connectivity index (χ1) is 2.56. The van der Waals surface area contributed by atoms with Gasteiger partial charge >= 0.3 is 26.7 Å². The molecule has 0 amide bonds. The summed E-state index contributed by atoms with van der Waals surface area (Å²) in [5, 5.41) is 0. The Morgan fingerprint density at radius 2 is 1.75 bits per heavy atom. The van der Waals surface area contributed by atoms with Gasteiger partial charge in [0.25, 0.3) is 0 Å². The zero-order valence-corrected chi connectivity index (χ0v) is 5.89. The van der Waals surface area contributed by atoms with E-state index in [9.17, 15) is 4.53 Å². The predicted molar refractivity (Wildman–Crippen MR) is 15.3 cm³/mol. The molecule has 0 aliphatic heterocycles. The van der Waals surface area contributed by atoms with Gasteiger partial charge in [0.1, 0.15) is 0 Å². The zero-order valence-electron chi connectivity index (χ0n) is 4.89. The molecule has 0 aliphatic rings. The van der Waals surface area contributed by atoms with E-state index in [1.165, 1.54) is 0 Å². The Balaban J connectivity index is -0.0000000417. The maximum Gasteiger partial charge on any atom is 1.00 e. The molecule has 0 saturated heterocycles. The van der Waals surface area contributed by atoms with E-state index < -0.39 is 7.82 Å². The molecule has 0 aliphatic carbocycles. The van der Waals surface area contributed by atoms with Gasteiger partial charge < -0.3 is 11.2 Å². The van der Waals surface area contributed by atoms with Gasteiger partial charge in [-0.1, -0.05) is 4.73 Å². The van der Waals surface area contributed by atoms with Crippen LogP contribution in [0.3, 0.4) is 0 Å². The second-order valence-electron chi connectivity index (χ2n) is 0.560. The first kappa shape index (κ1) is 16.1. The van der Waals surface area contributed by atoms with Crippen LogP contribution in [0.1, 0.15) is 1.43 Å². The third-order valence-corrected chi connectivity index (χ3v) is 0.270. The predicted octanol–water partition coefficient (Wildman–Crippen LogP) is -2.91. The summed E-state index contributed by atoms with van der Waals surface area (Å²) in [7, 11) is -4.81. The van der Waals surface area contributed by atoms with Crippen LogP contribution in [-0.4, -0.2) is 9.79 Å². The molecule has 0 heterocycles. The van der Waals surface area contributed by atoms with Crippen molar-refractivity contribution in [2.75, 3.05) is 0 Å². The summed E-state index contributed by atoms with van der Waals surface area (Å²) in [5.41, 5.74) is 0. The van der Waals surface area contributed by atoms with E-state index in [4.69, 9.17) is 14.4 Å². The van der Waals surface area contributed by atoms with Crippen molar-refractivity contribution in [1.29, 1.82) is 0 Å². The average Bonchev–Trinajstić information content (AvgIpc) is 1.35. The topological polar surface area (TPSA) is 66.8 Å². The Kier molecular flexibility index (Phi) is 12.6. The fourth-order valence-corrected chi connectivity index (χ4v) is 0. The van der Waals surface area contributed by atoms with Crippen LogP contribution in [0.25, 0.3) is 0 Å². The van der Waals surface area contributed by atoms with Gasteiger partial charge in [-0.05, 0) is 4.53 Å². The first-order valence-electron chi connectivity index (χ1n) is 0.919. The van der Waals surface area contributed by atoms with Gasteiger partial charge in [-0.3, -0.25) is 0 Å². The van der Waals surface area contributed by atoms with Gasteiger partial charge in [0.05, 0.1) is 0 Å². The van der Waals surface area contributed by atoms with Crippen LogP contribution in [0.5, 0.6) is 0 Å². The minimum Gasteiger partial charge on any atom is -1.00 e. The fourth-order valence-electron chi connectivity index (χ4n) is 0. The van der Waals surface area contributed by atoms with Crippen molar-refractivity contribution in [2.24, 2.45) is 0 Å². The van der Waals surface area contributed by atoms with E-state index in [1.54, 1.807) is 0 Å². The van der Waals surface area contributed by atoms with Crippen LogP contribution >= 0.6 is 7.82 Å². The average molecular weight is 180 g/mol. The van der Waals surface area contributed by atoms with Crippen molar-refractivity contribution in [3.05, 3.63) is 0 Å². The van der Waals surface area contributed by atoms with E-state index in [0.29, 0.717) is 0 Å². The van der Waals surface area contributed by atoms with Crippen molar-refractivity contribution in [1.82, 2.24) is 0 Å². The summed E-state index contributed by atoms with van der Waals surface area (Å²) in [6.07, 6.45) is 0. The molecule has 0 fully saturated rings. The maximum absolute atomic E-state index is 10.2. The van der Waals surface area contributed by atoms with Crippen LogP contribution in [0.15, 0.2) is 0 Å². The molecule has 0 rings (SSSR count). The Morgan fingerprint density at radius 3 is 1.75 bits per heavy atom. The molecule has 8 heavy (non-hydrogen) atoms. The molecular weight excluding hydrogens is 177 g/mol. The minimum absolute atomic E-state index is 0. The molecule has 2 N–H and O–H groups in total. The van der Waals surface area contributed by atoms with Crippen LogP contribution in [0.4, 0.5) is 4.53 Å². The second kappa shape index (κ2) is 6.28. The molecule has 0 saturated carbocycles. The van der Waals surface area contributed by atoms with Crippen molar-refractivity contribution < 1.29 is 61.0 Å². The van der Waals surface area contributed by atoms with E-state index >= 15 is 0 Å². The van der Waals surface area contributed by atoms with Crippen molar-refractivity contribution in [3.63, 3.8) is 0 Å². The molecule has 0 aromatic rings. The number of hydrogen-bond acceptors (Lipinski definition) is 2. The maximum atomic E-state index is 10.2. The van der Waals surface area contributed by atoms with Crippen LogP contribution in [0.2, 0.25) is 0 Å². The van der Waals surface area contributed by atoms with E-state index in [1.807, 2.05) is 0 Å². The first-order valence-corrected chi connectivity index (χ1v) is 2.45. The van der Waals surface area contributed by atoms with Crippen molar-refractivity contribution in [2.45, 2.75) is 0 Å². The smallest absolute Gasteiger partial charge is 1.00 e. The van der Waals surface area contributed by atoms with Gasteiger partial charge in [0, 0.05) is 17.1 Å². The summed E-state index contributed by atoms with van der Waals surface area (Å²) in [6.45, 7) is 0. The quantitative estimate of drug-likeness (QED) is 0.335. The molecule has 48 valence electrons. The molecule has 0 unspecified atom stereocenters. The molecule has 8 heteroatoms. The van der Waals surface area contributed by atoms with Gasteiger partial charge in [-0.2, -0.15) is 0 Å². The van der Waals surface area contributed by atoms with E-state index in [-0.39, 0.29) is 37.4 Å². The summed E-state index contributed by atoms with van der Waals surface area (Å²) in [6, 6.07) is 0.